The second-order valence-electron chi connectivity index (χ2n) is 7.91. The van der Waals surface area contributed by atoms with Gasteiger partial charge in [-0.2, -0.15) is 5.26 Å². The molecule has 2 atom stereocenters. The zero-order chi connectivity index (χ0) is 22.3. The highest BCUT2D eigenvalue weighted by Gasteiger charge is 2.34. The average molecular weight is 413 g/mol. The number of carboxylic acids is 1. The molecule has 0 saturated carbocycles. The molecule has 30 heavy (non-hydrogen) atoms. The van der Waals surface area contributed by atoms with Gasteiger partial charge in [0.1, 0.15) is 11.4 Å². The van der Waals surface area contributed by atoms with Crippen molar-refractivity contribution in [1.29, 1.82) is 5.26 Å². The summed E-state index contributed by atoms with van der Waals surface area (Å²) in [5.74, 6) is -1.94. The highest BCUT2D eigenvalue weighted by Crippen LogP contribution is 2.37. The molecule has 0 aliphatic carbocycles. The number of aliphatic hydroxyl groups is 1. The molecule has 160 valence electrons. The third-order valence-electron chi connectivity index (χ3n) is 5.45. The standard InChI is InChI=1S/C24H29FN2O3/c1-4-18(23(28)29)15-19-14-17(16-26)6-11-22(19)24(30,12-5-13-27(2)3)20-7-9-21(25)10-8-20/h6-11,14,18,30H,4-5,12-13,15H2,1-3H3,(H,28,29)/t18-,24-/m1/s1. The molecule has 0 aromatic heterocycles. The van der Waals surface area contributed by atoms with Crippen LogP contribution in [-0.4, -0.2) is 41.7 Å². The zero-order valence-corrected chi connectivity index (χ0v) is 17.7. The Morgan fingerprint density at radius 3 is 2.43 bits per heavy atom. The normalized spacial score (nSPS) is 14.2. The second kappa shape index (κ2) is 10.3. The maximum absolute atomic E-state index is 13.5. The van der Waals surface area contributed by atoms with E-state index in [2.05, 4.69) is 6.07 Å². The van der Waals surface area contributed by atoms with Crippen molar-refractivity contribution in [2.24, 2.45) is 5.92 Å². The first kappa shape index (κ1) is 23.5. The number of carbonyl (C=O) groups is 1. The topological polar surface area (TPSA) is 84.6 Å². The van der Waals surface area contributed by atoms with Gasteiger partial charge in [-0.15, -0.1) is 0 Å². The number of carboxylic acid groups (broad SMARTS) is 1. The highest BCUT2D eigenvalue weighted by atomic mass is 19.1. The molecule has 0 bridgehead atoms. The Kier molecular flexibility index (Phi) is 8.10. The summed E-state index contributed by atoms with van der Waals surface area (Å²) in [6.45, 7) is 2.55. The monoisotopic (exact) mass is 412 g/mol. The fourth-order valence-electron chi connectivity index (χ4n) is 3.72. The Morgan fingerprint density at radius 1 is 1.23 bits per heavy atom. The fourth-order valence-corrected chi connectivity index (χ4v) is 3.72. The Hall–Kier alpha value is -2.75. The van der Waals surface area contributed by atoms with E-state index in [1.165, 1.54) is 12.1 Å². The van der Waals surface area contributed by atoms with Gasteiger partial charge in [-0.25, -0.2) is 4.39 Å². The summed E-state index contributed by atoms with van der Waals surface area (Å²) in [4.78, 5) is 13.6. The minimum atomic E-state index is -1.43. The summed E-state index contributed by atoms with van der Waals surface area (Å²) in [5.41, 5.74) is 0.705. The molecular weight excluding hydrogens is 383 g/mol. The number of rotatable bonds is 10. The van der Waals surface area contributed by atoms with Gasteiger partial charge in [-0.3, -0.25) is 4.79 Å². The molecule has 0 spiro atoms. The first-order valence-electron chi connectivity index (χ1n) is 10.1. The number of aliphatic carboxylic acids is 1. The summed E-state index contributed by atoms with van der Waals surface area (Å²) in [7, 11) is 3.89. The van der Waals surface area contributed by atoms with E-state index in [0.29, 0.717) is 41.5 Å². The van der Waals surface area contributed by atoms with E-state index in [-0.39, 0.29) is 6.42 Å². The van der Waals surface area contributed by atoms with Crippen molar-refractivity contribution in [1.82, 2.24) is 4.90 Å². The predicted molar refractivity (Wildman–Crippen MR) is 113 cm³/mol. The molecule has 0 aliphatic rings. The molecule has 0 heterocycles. The van der Waals surface area contributed by atoms with Crippen LogP contribution in [0.5, 0.6) is 0 Å². The second-order valence-corrected chi connectivity index (χ2v) is 7.91. The van der Waals surface area contributed by atoms with Crippen molar-refractivity contribution in [2.75, 3.05) is 20.6 Å². The van der Waals surface area contributed by atoms with Gasteiger partial charge in [0, 0.05) is 0 Å². The minimum absolute atomic E-state index is 0.202. The molecule has 2 rings (SSSR count). The first-order chi connectivity index (χ1) is 14.2. The van der Waals surface area contributed by atoms with E-state index >= 15 is 0 Å². The van der Waals surface area contributed by atoms with E-state index in [4.69, 9.17) is 0 Å². The molecule has 2 aromatic carbocycles. The van der Waals surface area contributed by atoms with Crippen LogP contribution in [0, 0.1) is 23.1 Å². The zero-order valence-electron chi connectivity index (χ0n) is 17.7. The molecule has 0 amide bonds. The van der Waals surface area contributed by atoms with Crippen LogP contribution >= 0.6 is 0 Å². The van der Waals surface area contributed by atoms with Gasteiger partial charge >= 0.3 is 5.97 Å². The highest BCUT2D eigenvalue weighted by molar-refractivity contribution is 5.70. The van der Waals surface area contributed by atoms with Gasteiger partial charge in [-0.1, -0.05) is 25.1 Å². The quantitative estimate of drug-likeness (QED) is 0.618. The number of benzene rings is 2. The van der Waals surface area contributed by atoms with Gasteiger partial charge in [0.2, 0.25) is 0 Å². The number of hydrogen-bond acceptors (Lipinski definition) is 4. The van der Waals surface area contributed by atoms with Crippen LogP contribution in [0.2, 0.25) is 0 Å². The van der Waals surface area contributed by atoms with Crippen molar-refractivity contribution >= 4 is 5.97 Å². The lowest BCUT2D eigenvalue weighted by Gasteiger charge is -2.32. The van der Waals surface area contributed by atoms with Crippen LogP contribution in [0.25, 0.3) is 0 Å². The molecule has 0 saturated heterocycles. The van der Waals surface area contributed by atoms with Gasteiger partial charge in [0.15, 0.2) is 0 Å². The third kappa shape index (κ3) is 5.65. The lowest BCUT2D eigenvalue weighted by Crippen LogP contribution is -2.31. The van der Waals surface area contributed by atoms with Crippen molar-refractivity contribution in [3.63, 3.8) is 0 Å². The van der Waals surface area contributed by atoms with E-state index in [0.717, 1.165) is 6.54 Å². The van der Waals surface area contributed by atoms with Crippen LogP contribution < -0.4 is 0 Å². The summed E-state index contributed by atoms with van der Waals surface area (Å²) in [6, 6.07) is 12.8. The summed E-state index contributed by atoms with van der Waals surface area (Å²) >= 11 is 0. The smallest absolute Gasteiger partial charge is 0.306 e. The Balaban J connectivity index is 2.59. The molecule has 2 aromatic rings. The molecule has 0 radical (unpaired) electrons. The lowest BCUT2D eigenvalue weighted by atomic mass is 9.78. The number of halogens is 1. The molecular formula is C24H29FN2O3. The van der Waals surface area contributed by atoms with Gasteiger partial charge in [0.05, 0.1) is 17.6 Å². The van der Waals surface area contributed by atoms with Crippen molar-refractivity contribution in [3.05, 3.63) is 70.5 Å². The van der Waals surface area contributed by atoms with E-state index in [1.54, 1.807) is 37.3 Å². The van der Waals surface area contributed by atoms with E-state index in [9.17, 15) is 24.7 Å². The maximum Gasteiger partial charge on any atom is 0.306 e. The fraction of sp³-hybridized carbons (Fsp3) is 0.417. The Labute approximate surface area is 177 Å². The Morgan fingerprint density at radius 2 is 1.90 bits per heavy atom. The van der Waals surface area contributed by atoms with Gasteiger partial charge < -0.3 is 15.1 Å². The number of hydrogen-bond donors (Lipinski definition) is 2. The largest absolute Gasteiger partial charge is 0.481 e. The van der Waals surface area contributed by atoms with E-state index in [1.807, 2.05) is 19.0 Å². The van der Waals surface area contributed by atoms with Crippen molar-refractivity contribution < 1.29 is 19.4 Å². The maximum atomic E-state index is 13.5. The number of nitrogens with zero attached hydrogens (tertiary/aromatic N) is 2. The molecule has 6 heteroatoms. The predicted octanol–water partition coefficient (Wildman–Crippen LogP) is 3.93. The first-order valence-corrected chi connectivity index (χ1v) is 10.1. The molecule has 0 aliphatic heterocycles. The molecule has 5 nitrogen and oxygen atoms in total. The van der Waals surface area contributed by atoms with Crippen LogP contribution in [0.4, 0.5) is 4.39 Å². The Bertz CT molecular complexity index is 906. The van der Waals surface area contributed by atoms with Crippen LogP contribution in [0.15, 0.2) is 42.5 Å². The van der Waals surface area contributed by atoms with E-state index < -0.39 is 23.3 Å². The van der Waals surface area contributed by atoms with Crippen LogP contribution in [-0.2, 0) is 16.8 Å². The summed E-state index contributed by atoms with van der Waals surface area (Å²) in [6.07, 6.45) is 1.69. The van der Waals surface area contributed by atoms with Crippen molar-refractivity contribution in [2.45, 2.75) is 38.2 Å². The number of nitriles is 1. The summed E-state index contributed by atoms with van der Waals surface area (Å²) < 4.78 is 13.5. The van der Waals surface area contributed by atoms with Crippen LogP contribution in [0.1, 0.15) is 48.4 Å². The van der Waals surface area contributed by atoms with Crippen molar-refractivity contribution in [3.8, 4) is 6.07 Å². The minimum Gasteiger partial charge on any atom is -0.481 e. The average Bonchev–Trinajstić information content (AvgIpc) is 2.71. The SMILES string of the molecule is CC[C@H](Cc1cc(C#N)ccc1[C@@](O)(CCCN(C)C)c1ccc(F)cc1)C(=O)O. The molecule has 2 N–H and O–H groups in total. The van der Waals surface area contributed by atoms with Gasteiger partial charge in [0.25, 0.3) is 0 Å². The lowest BCUT2D eigenvalue weighted by molar-refractivity contribution is -0.141. The third-order valence-corrected chi connectivity index (χ3v) is 5.45. The molecule has 0 fully saturated rings. The van der Waals surface area contributed by atoms with Crippen LogP contribution in [0.3, 0.4) is 0 Å². The van der Waals surface area contributed by atoms with Gasteiger partial charge in [-0.05, 0) is 87.3 Å². The molecule has 0 unspecified atom stereocenters. The summed E-state index contributed by atoms with van der Waals surface area (Å²) in [5, 5.41) is 30.7.